The van der Waals surface area contributed by atoms with Crippen LogP contribution in [0.3, 0.4) is 0 Å². The van der Waals surface area contributed by atoms with Crippen LogP contribution in [-0.2, 0) is 13.0 Å². The van der Waals surface area contributed by atoms with E-state index in [0.29, 0.717) is 12.1 Å². The molecular formula is C21H22N4O. The van der Waals surface area contributed by atoms with Crippen molar-refractivity contribution in [1.82, 2.24) is 15.3 Å². The average Bonchev–Trinajstić information content (AvgIpc) is 2.71. The fourth-order valence-corrected chi connectivity index (χ4v) is 2.56. The third kappa shape index (κ3) is 5.41. The van der Waals surface area contributed by atoms with Gasteiger partial charge in [-0.1, -0.05) is 36.4 Å². The number of aromatic nitrogens is 2. The van der Waals surface area contributed by atoms with Crippen molar-refractivity contribution in [3.8, 4) is 0 Å². The normalized spacial score (nSPS) is 10.3. The van der Waals surface area contributed by atoms with Gasteiger partial charge < -0.3 is 10.6 Å². The number of benzene rings is 1. The second-order valence-electron chi connectivity index (χ2n) is 5.95. The second kappa shape index (κ2) is 9.32. The van der Waals surface area contributed by atoms with Gasteiger partial charge in [0.1, 0.15) is 5.82 Å². The molecule has 2 aromatic heterocycles. The molecule has 1 aromatic carbocycles. The maximum atomic E-state index is 12.1. The monoisotopic (exact) mass is 346 g/mol. The number of rotatable bonds is 8. The van der Waals surface area contributed by atoms with Crippen molar-refractivity contribution >= 4 is 11.7 Å². The zero-order valence-electron chi connectivity index (χ0n) is 14.6. The van der Waals surface area contributed by atoms with Gasteiger partial charge in [0.15, 0.2) is 0 Å². The van der Waals surface area contributed by atoms with Crippen LogP contribution in [0.25, 0.3) is 0 Å². The van der Waals surface area contributed by atoms with Crippen LogP contribution in [0.2, 0.25) is 0 Å². The Morgan fingerprint density at radius 1 is 0.923 bits per heavy atom. The predicted molar refractivity (Wildman–Crippen MR) is 103 cm³/mol. The molecule has 132 valence electrons. The van der Waals surface area contributed by atoms with Crippen molar-refractivity contribution < 1.29 is 4.79 Å². The summed E-state index contributed by atoms with van der Waals surface area (Å²) in [6, 6.07) is 19.6. The topological polar surface area (TPSA) is 66.9 Å². The van der Waals surface area contributed by atoms with E-state index in [-0.39, 0.29) is 5.91 Å². The van der Waals surface area contributed by atoms with Crippen LogP contribution in [0.15, 0.2) is 73.1 Å². The molecule has 2 N–H and O–H groups in total. The Morgan fingerprint density at radius 2 is 1.77 bits per heavy atom. The zero-order chi connectivity index (χ0) is 18.0. The minimum Gasteiger partial charge on any atom is -0.370 e. The first kappa shape index (κ1) is 17.6. The van der Waals surface area contributed by atoms with Crippen molar-refractivity contribution in [1.29, 1.82) is 0 Å². The largest absolute Gasteiger partial charge is 0.370 e. The third-order valence-electron chi connectivity index (χ3n) is 3.97. The summed E-state index contributed by atoms with van der Waals surface area (Å²) in [5.74, 6) is 0.623. The molecule has 3 aromatic rings. The van der Waals surface area contributed by atoms with Crippen LogP contribution in [0.1, 0.15) is 28.0 Å². The Morgan fingerprint density at radius 3 is 2.50 bits per heavy atom. The van der Waals surface area contributed by atoms with Crippen LogP contribution < -0.4 is 10.6 Å². The highest BCUT2D eigenvalue weighted by Crippen LogP contribution is 2.07. The molecule has 2 heterocycles. The van der Waals surface area contributed by atoms with Crippen LogP contribution in [-0.4, -0.2) is 22.4 Å². The van der Waals surface area contributed by atoms with Crippen LogP contribution in [0.5, 0.6) is 0 Å². The molecule has 0 bridgehead atoms. The van der Waals surface area contributed by atoms with Gasteiger partial charge in [-0.2, -0.15) is 0 Å². The van der Waals surface area contributed by atoms with E-state index in [2.05, 4.69) is 44.9 Å². The number of anilines is 1. The molecule has 0 spiro atoms. The van der Waals surface area contributed by atoms with E-state index in [1.54, 1.807) is 18.5 Å². The lowest BCUT2D eigenvalue weighted by Crippen LogP contribution is -2.23. The highest BCUT2D eigenvalue weighted by atomic mass is 16.1. The lowest BCUT2D eigenvalue weighted by molar-refractivity contribution is 0.0950. The Bertz CT molecular complexity index is 804. The number of carbonyl (C=O) groups excluding carboxylic acids is 1. The van der Waals surface area contributed by atoms with Crippen molar-refractivity contribution in [2.75, 3.05) is 11.9 Å². The van der Waals surface area contributed by atoms with Gasteiger partial charge in [0.05, 0.1) is 17.8 Å². The first-order valence-electron chi connectivity index (χ1n) is 8.73. The Kier molecular flexibility index (Phi) is 6.31. The molecule has 5 nitrogen and oxygen atoms in total. The van der Waals surface area contributed by atoms with Gasteiger partial charge in [-0.25, -0.2) is 4.98 Å². The molecule has 0 aliphatic rings. The molecule has 0 fully saturated rings. The van der Waals surface area contributed by atoms with Gasteiger partial charge in [-0.3, -0.25) is 9.78 Å². The van der Waals surface area contributed by atoms with Gasteiger partial charge in [-0.15, -0.1) is 0 Å². The maximum absolute atomic E-state index is 12.1. The van der Waals surface area contributed by atoms with Crippen molar-refractivity contribution in [3.63, 3.8) is 0 Å². The van der Waals surface area contributed by atoms with E-state index in [1.807, 2.05) is 30.3 Å². The predicted octanol–water partition coefficient (Wildman–Crippen LogP) is 3.45. The minimum atomic E-state index is -0.154. The highest BCUT2D eigenvalue weighted by molar-refractivity contribution is 5.93. The summed E-state index contributed by atoms with van der Waals surface area (Å²) in [5.41, 5.74) is 2.70. The van der Waals surface area contributed by atoms with Gasteiger partial charge in [0.2, 0.25) is 0 Å². The van der Waals surface area contributed by atoms with Crippen molar-refractivity contribution in [2.24, 2.45) is 0 Å². The Balaban J connectivity index is 1.42. The van der Waals surface area contributed by atoms with E-state index in [4.69, 9.17) is 0 Å². The molecule has 0 unspecified atom stereocenters. The molecule has 0 aliphatic heterocycles. The third-order valence-corrected chi connectivity index (χ3v) is 3.97. The molecule has 0 atom stereocenters. The number of pyridine rings is 2. The quantitative estimate of drug-likeness (QED) is 0.613. The first-order chi connectivity index (χ1) is 12.8. The number of aryl methyl sites for hydroxylation is 1. The molecule has 3 rings (SSSR count). The molecule has 0 saturated heterocycles. The summed E-state index contributed by atoms with van der Waals surface area (Å²) < 4.78 is 0. The van der Waals surface area contributed by atoms with Gasteiger partial charge in [-0.05, 0) is 42.7 Å². The SMILES string of the molecule is O=C(NCc1ccccn1)c1ccc(NCCCc2ccccc2)nc1. The molecule has 26 heavy (non-hydrogen) atoms. The standard InChI is InChI=1S/C21H22N4O/c26-21(25-16-19-10-4-5-13-22-19)18-11-12-20(24-15-18)23-14-6-9-17-7-2-1-3-8-17/h1-5,7-8,10-13,15H,6,9,14,16H2,(H,23,24)(H,25,26). The van der Waals surface area contributed by atoms with Crippen molar-refractivity contribution in [2.45, 2.75) is 19.4 Å². The van der Waals surface area contributed by atoms with Crippen molar-refractivity contribution in [3.05, 3.63) is 89.9 Å². The Labute approximate surface area is 153 Å². The fraction of sp³-hybridized carbons (Fsp3) is 0.190. The van der Waals surface area contributed by atoms with Crippen LogP contribution in [0.4, 0.5) is 5.82 Å². The number of nitrogens with one attached hydrogen (secondary N) is 2. The summed E-state index contributed by atoms with van der Waals surface area (Å²) >= 11 is 0. The highest BCUT2D eigenvalue weighted by Gasteiger charge is 2.06. The van der Waals surface area contributed by atoms with Gasteiger partial charge >= 0.3 is 0 Å². The summed E-state index contributed by atoms with van der Waals surface area (Å²) in [6.07, 6.45) is 5.36. The van der Waals surface area contributed by atoms with E-state index in [0.717, 1.165) is 30.9 Å². The second-order valence-corrected chi connectivity index (χ2v) is 5.95. The van der Waals surface area contributed by atoms with E-state index in [9.17, 15) is 4.79 Å². The Hall–Kier alpha value is -3.21. The molecule has 1 amide bonds. The number of hydrogen-bond acceptors (Lipinski definition) is 4. The zero-order valence-corrected chi connectivity index (χ0v) is 14.6. The van der Waals surface area contributed by atoms with E-state index >= 15 is 0 Å². The smallest absolute Gasteiger partial charge is 0.253 e. The lowest BCUT2D eigenvalue weighted by atomic mass is 10.1. The summed E-state index contributed by atoms with van der Waals surface area (Å²) in [6.45, 7) is 1.24. The van der Waals surface area contributed by atoms with Crippen LogP contribution >= 0.6 is 0 Å². The summed E-state index contributed by atoms with van der Waals surface area (Å²) in [4.78, 5) is 20.6. The van der Waals surface area contributed by atoms with E-state index in [1.165, 1.54) is 5.56 Å². The number of nitrogens with zero attached hydrogens (tertiary/aromatic N) is 2. The molecule has 0 aliphatic carbocycles. The number of carbonyl (C=O) groups is 1. The molecule has 5 heteroatoms. The summed E-state index contributed by atoms with van der Waals surface area (Å²) in [5, 5.41) is 6.13. The average molecular weight is 346 g/mol. The summed E-state index contributed by atoms with van der Waals surface area (Å²) in [7, 11) is 0. The van der Waals surface area contributed by atoms with E-state index < -0.39 is 0 Å². The molecular weight excluding hydrogens is 324 g/mol. The van der Waals surface area contributed by atoms with Crippen LogP contribution in [0, 0.1) is 0 Å². The lowest BCUT2D eigenvalue weighted by Gasteiger charge is -2.07. The number of amides is 1. The first-order valence-corrected chi connectivity index (χ1v) is 8.73. The molecule has 0 radical (unpaired) electrons. The fourth-order valence-electron chi connectivity index (χ4n) is 2.56. The minimum absolute atomic E-state index is 0.154. The maximum Gasteiger partial charge on any atom is 0.253 e. The molecule has 0 saturated carbocycles. The van der Waals surface area contributed by atoms with Gasteiger partial charge in [0.25, 0.3) is 5.91 Å². The van der Waals surface area contributed by atoms with Gasteiger partial charge in [0, 0.05) is 18.9 Å². The number of hydrogen-bond donors (Lipinski definition) is 2.